The predicted molar refractivity (Wildman–Crippen MR) is 37.5 cm³/mol. The summed E-state index contributed by atoms with van der Waals surface area (Å²) in [5.74, 6) is 0. The summed E-state index contributed by atoms with van der Waals surface area (Å²) < 4.78 is -0.248. The van der Waals surface area contributed by atoms with E-state index >= 15 is 0 Å². The van der Waals surface area contributed by atoms with Crippen LogP contribution in [-0.2, 0) is 0 Å². The zero-order chi connectivity index (χ0) is 6.41. The van der Waals surface area contributed by atoms with Gasteiger partial charge in [-0.3, -0.25) is 0 Å². The van der Waals surface area contributed by atoms with E-state index in [0.717, 1.165) is 0 Å². The van der Waals surface area contributed by atoms with Crippen molar-refractivity contribution >= 4 is 41.0 Å². The highest BCUT2D eigenvalue weighted by Crippen LogP contribution is 2.52. The highest BCUT2D eigenvalue weighted by molar-refractivity contribution is 6.57. The van der Waals surface area contributed by atoms with Crippen molar-refractivity contribution in [2.75, 3.05) is 0 Å². The van der Waals surface area contributed by atoms with Gasteiger partial charge < -0.3 is 0 Å². The molecule has 0 amide bonds. The number of rotatable bonds is 0. The third kappa shape index (κ3) is 0.753. The van der Waals surface area contributed by atoms with E-state index < -0.39 is 0 Å². The third-order valence-electron chi connectivity index (χ3n) is 1.21. The maximum Gasteiger partial charge on any atom is 0.0320 e. The first kappa shape index (κ1) is 6.72. The monoisotopic (exact) mass is 162 g/mol. The zero-order valence-electron chi connectivity index (χ0n) is 4.15. The van der Waals surface area contributed by atoms with E-state index in [1.807, 2.05) is 12.2 Å². The summed E-state index contributed by atoms with van der Waals surface area (Å²) >= 11 is 0. The Kier molecular flexibility index (Phi) is 1.31. The van der Waals surface area contributed by atoms with Crippen LogP contribution in [0.3, 0.4) is 0 Å². The smallest absolute Gasteiger partial charge is 0.0320 e. The van der Waals surface area contributed by atoms with Gasteiger partial charge in [0, 0.05) is 41.0 Å². The van der Waals surface area contributed by atoms with Crippen LogP contribution in [0.15, 0.2) is 12.2 Å². The zero-order valence-corrected chi connectivity index (χ0v) is 8.15. The van der Waals surface area contributed by atoms with E-state index in [9.17, 15) is 0 Å². The molecule has 0 fully saturated rings. The van der Waals surface area contributed by atoms with Crippen molar-refractivity contribution in [1.29, 1.82) is 0 Å². The molecule has 0 nitrogen and oxygen atoms in total. The minimum atomic E-state index is -0.124. The Morgan fingerprint density at radius 3 is 1.00 bits per heavy atom. The molecule has 8 heavy (non-hydrogen) atoms. The molecule has 0 heterocycles. The lowest BCUT2D eigenvalue weighted by atomic mass is 10.1. The molecule has 0 aromatic rings. The van der Waals surface area contributed by atoms with Crippen LogP contribution < -0.4 is 0 Å². The summed E-state index contributed by atoms with van der Waals surface area (Å²) in [7, 11) is 13.9. The maximum atomic E-state index is 3.46. The van der Waals surface area contributed by atoms with Crippen LogP contribution in [0, 0.1) is 0 Å². The van der Waals surface area contributed by atoms with Gasteiger partial charge in [-0.2, -0.15) is 0 Å². The van der Waals surface area contributed by atoms with Crippen LogP contribution in [0.25, 0.3) is 0 Å². The number of allylic oxidation sites excluding steroid dienone is 2. The molecule has 0 aromatic heterocycles. The maximum absolute atomic E-state index is 3.46. The Hall–Kier alpha value is 0.608. The molecule has 0 bridgehead atoms. The quantitative estimate of drug-likeness (QED) is 0.332. The summed E-state index contributed by atoms with van der Waals surface area (Å²) in [6.07, 6.45) is 4.00. The Morgan fingerprint density at radius 1 is 0.750 bits per heavy atom. The summed E-state index contributed by atoms with van der Waals surface area (Å²) in [5, 5.41) is 0. The molecule has 1 aliphatic carbocycles. The molecule has 1 rings (SSSR count). The van der Waals surface area contributed by atoms with E-state index in [-0.39, 0.29) is 9.32 Å². The lowest BCUT2D eigenvalue weighted by molar-refractivity contribution is 0.794. The van der Waals surface area contributed by atoms with Crippen molar-refractivity contribution in [2.45, 2.75) is 9.32 Å². The lowest BCUT2D eigenvalue weighted by Crippen LogP contribution is -2.35. The van der Waals surface area contributed by atoms with Gasteiger partial charge >= 0.3 is 0 Å². The normalized spacial score (nSPS) is 29.5. The second-order valence-electron chi connectivity index (χ2n) is 1.95. The van der Waals surface area contributed by atoms with Crippen LogP contribution in [0.1, 0.15) is 0 Å². The van der Waals surface area contributed by atoms with Crippen molar-refractivity contribution in [3.8, 4) is 0 Å². The van der Waals surface area contributed by atoms with Crippen molar-refractivity contribution < 1.29 is 0 Å². The van der Waals surface area contributed by atoms with Gasteiger partial charge in [0.05, 0.1) is 0 Å². The fourth-order valence-electron chi connectivity index (χ4n) is 0.417. The minimum absolute atomic E-state index is 0.124. The van der Waals surface area contributed by atoms with Crippen LogP contribution in [0.2, 0.25) is 9.32 Å². The molecule has 0 saturated heterocycles. The Labute approximate surface area is 62.8 Å². The van der Waals surface area contributed by atoms with Crippen LogP contribution in [0.4, 0.5) is 0 Å². The van der Waals surface area contributed by atoms with Crippen molar-refractivity contribution in [3.05, 3.63) is 12.2 Å². The van der Waals surface area contributed by atoms with Gasteiger partial charge in [-0.25, -0.2) is 0 Å². The Bertz CT molecular complexity index is 119. The first-order valence-corrected chi connectivity index (χ1v) is 4.16. The van der Waals surface area contributed by atoms with Gasteiger partial charge in [0.1, 0.15) is 0 Å². The van der Waals surface area contributed by atoms with Crippen molar-refractivity contribution in [1.82, 2.24) is 0 Å². The second-order valence-corrected chi connectivity index (χ2v) is 6.10. The van der Waals surface area contributed by atoms with Gasteiger partial charge in [0.25, 0.3) is 0 Å². The average Bonchev–Trinajstić information content (AvgIpc) is 1.64. The molecule has 0 saturated carbocycles. The van der Waals surface area contributed by atoms with Gasteiger partial charge in [-0.1, -0.05) is 12.2 Å². The first-order valence-electron chi connectivity index (χ1n) is 2.16. The molecule has 0 unspecified atom stereocenters. The number of hydrogen-bond acceptors (Lipinski definition) is 0. The standard InChI is InChI=1S/C4H2Si4/c5-3(6)1-2-4(3,7)8/h1-2H. The summed E-state index contributed by atoms with van der Waals surface area (Å²) in [6, 6.07) is 0. The molecule has 0 aliphatic heterocycles. The van der Waals surface area contributed by atoms with Gasteiger partial charge in [0.2, 0.25) is 0 Å². The molecular weight excluding hydrogens is 160 g/mol. The van der Waals surface area contributed by atoms with E-state index in [1.165, 1.54) is 0 Å². The molecule has 4 heteroatoms. The van der Waals surface area contributed by atoms with E-state index in [2.05, 4.69) is 41.0 Å². The lowest BCUT2D eigenvalue weighted by Gasteiger charge is -2.44. The van der Waals surface area contributed by atoms with Gasteiger partial charge in [-0.05, 0) is 9.32 Å². The minimum Gasteiger partial charge on any atom is -0.0890 e. The van der Waals surface area contributed by atoms with Crippen LogP contribution in [0.5, 0.6) is 0 Å². The summed E-state index contributed by atoms with van der Waals surface area (Å²) in [4.78, 5) is 0. The Balaban J connectivity index is 2.82. The summed E-state index contributed by atoms with van der Waals surface area (Å²) in [6.45, 7) is 0. The largest absolute Gasteiger partial charge is 0.0890 e. The topological polar surface area (TPSA) is 0 Å². The number of hydrogen-bond donors (Lipinski definition) is 0. The first-order chi connectivity index (χ1) is 3.46. The van der Waals surface area contributed by atoms with Crippen molar-refractivity contribution in [3.63, 3.8) is 0 Å². The molecule has 1 aliphatic rings. The van der Waals surface area contributed by atoms with Crippen molar-refractivity contribution in [2.24, 2.45) is 0 Å². The average molecular weight is 162 g/mol. The van der Waals surface area contributed by atoms with E-state index in [1.54, 1.807) is 0 Å². The SMILES string of the molecule is [Si]C1([Si])C=CC1([Si])[Si]. The van der Waals surface area contributed by atoms with Gasteiger partial charge in [-0.15, -0.1) is 0 Å². The molecular formula is C4H2Si4. The highest BCUT2D eigenvalue weighted by Gasteiger charge is 2.39. The van der Waals surface area contributed by atoms with Crippen LogP contribution >= 0.6 is 0 Å². The molecule has 0 spiro atoms. The highest BCUT2D eigenvalue weighted by atomic mass is 28.2. The fourth-order valence-corrected chi connectivity index (χ4v) is 1.08. The molecule has 0 N–H and O–H groups in total. The van der Waals surface area contributed by atoms with Gasteiger partial charge in [0.15, 0.2) is 0 Å². The Morgan fingerprint density at radius 2 is 1.00 bits per heavy atom. The molecule has 0 atom stereocenters. The molecule has 12 radical (unpaired) electrons. The van der Waals surface area contributed by atoms with E-state index in [4.69, 9.17) is 0 Å². The molecule has 0 aromatic carbocycles. The summed E-state index contributed by atoms with van der Waals surface area (Å²) in [5.41, 5.74) is 0. The third-order valence-corrected chi connectivity index (χ3v) is 4.45. The fraction of sp³-hybridized carbons (Fsp3) is 0.500. The van der Waals surface area contributed by atoms with E-state index in [0.29, 0.717) is 0 Å². The predicted octanol–water partition coefficient (Wildman–Crippen LogP) is -0.537. The van der Waals surface area contributed by atoms with Crippen LogP contribution in [-0.4, -0.2) is 41.0 Å². The molecule has 34 valence electrons. The second kappa shape index (κ2) is 1.56.